The van der Waals surface area contributed by atoms with E-state index in [1.807, 2.05) is 0 Å². The lowest BCUT2D eigenvalue weighted by atomic mass is 10.1. The second-order valence-corrected chi connectivity index (χ2v) is 15.5. The van der Waals surface area contributed by atoms with Crippen molar-refractivity contribution >= 4 is 23.6 Å². The Balaban J connectivity index is 1.90. The van der Waals surface area contributed by atoms with Crippen molar-refractivity contribution in [3.8, 4) is 0 Å². The van der Waals surface area contributed by atoms with Crippen LogP contribution in [0.4, 0.5) is 0 Å². The maximum atomic E-state index is 2.49. The van der Waals surface area contributed by atoms with Gasteiger partial charge in [0.1, 0.15) is 0 Å². The van der Waals surface area contributed by atoms with Crippen LogP contribution in [0.15, 0.2) is 96.6 Å². The van der Waals surface area contributed by atoms with Crippen molar-refractivity contribution < 1.29 is 0 Å². The molecule has 0 bridgehead atoms. The van der Waals surface area contributed by atoms with E-state index in [0.29, 0.717) is 0 Å². The molecule has 0 aromatic heterocycles. The molecule has 3 aromatic carbocycles. The topological polar surface area (TPSA) is 0 Å². The fraction of sp³-hybridized carbons (Fsp3) is 0.410. The average Bonchev–Trinajstić information content (AvgIpc) is 3.47. The summed E-state index contributed by atoms with van der Waals surface area (Å²) in [7, 11) is -2.50. The van der Waals surface area contributed by atoms with Crippen LogP contribution in [-0.2, 0) is 19.3 Å². The summed E-state index contributed by atoms with van der Waals surface area (Å²) in [5.74, 6) is 0. The zero-order valence-corrected chi connectivity index (χ0v) is 26.6. The van der Waals surface area contributed by atoms with E-state index in [9.17, 15) is 0 Å². The molecule has 0 saturated carbocycles. The Kier molecular flexibility index (Phi) is 11.7. The van der Waals surface area contributed by atoms with Crippen LogP contribution in [-0.4, -0.2) is 8.07 Å². The van der Waals surface area contributed by atoms with Gasteiger partial charge in [0.2, 0.25) is 0 Å². The monoisotopic (exact) mass is 547 g/mol. The summed E-state index contributed by atoms with van der Waals surface area (Å²) >= 11 is 0. The van der Waals surface area contributed by atoms with E-state index < -0.39 is 8.07 Å². The van der Waals surface area contributed by atoms with Gasteiger partial charge in [-0.1, -0.05) is 150 Å². The van der Waals surface area contributed by atoms with Crippen molar-refractivity contribution in [2.45, 2.75) is 105 Å². The Morgan fingerprint density at radius 1 is 0.450 bits per heavy atom. The van der Waals surface area contributed by atoms with E-state index in [1.54, 1.807) is 11.1 Å². The van der Waals surface area contributed by atoms with Gasteiger partial charge < -0.3 is 0 Å². The molecule has 1 heteroatoms. The minimum atomic E-state index is -2.50. The highest BCUT2D eigenvalue weighted by molar-refractivity contribution is 7.16. The van der Waals surface area contributed by atoms with Crippen molar-refractivity contribution in [2.24, 2.45) is 0 Å². The van der Waals surface area contributed by atoms with Crippen molar-refractivity contribution in [2.75, 3.05) is 0 Å². The Hall–Kier alpha value is -2.64. The third kappa shape index (κ3) is 6.97. The van der Waals surface area contributed by atoms with Gasteiger partial charge in [-0.3, -0.25) is 0 Å². The van der Waals surface area contributed by atoms with Crippen molar-refractivity contribution in [3.05, 3.63) is 119 Å². The van der Waals surface area contributed by atoms with Gasteiger partial charge in [-0.15, -0.1) is 0 Å². The van der Waals surface area contributed by atoms with Crippen LogP contribution >= 0.6 is 0 Å². The minimum Gasteiger partial charge on any atom is -0.0750 e. The van der Waals surface area contributed by atoms with Gasteiger partial charge in [0, 0.05) is 5.54 Å². The van der Waals surface area contributed by atoms with E-state index in [2.05, 4.69) is 119 Å². The highest BCUT2D eigenvalue weighted by Gasteiger charge is 2.48. The number of unbranched alkanes of at least 4 members (excludes halogenated alkanes) is 4. The Morgan fingerprint density at radius 2 is 0.800 bits per heavy atom. The molecule has 0 spiro atoms. The zero-order chi connectivity index (χ0) is 28.2. The smallest absolute Gasteiger partial charge is 0.0750 e. The molecule has 0 amide bonds. The molecule has 0 nitrogen and oxygen atoms in total. The lowest BCUT2D eigenvalue weighted by Gasteiger charge is -2.39. The first-order valence-corrected chi connectivity index (χ1v) is 18.2. The van der Waals surface area contributed by atoms with E-state index in [1.165, 1.54) is 103 Å². The summed E-state index contributed by atoms with van der Waals surface area (Å²) in [6, 6.07) is 29.5. The summed E-state index contributed by atoms with van der Waals surface area (Å²) in [6.07, 6.45) is 21.8. The van der Waals surface area contributed by atoms with Crippen LogP contribution in [0, 0.1) is 5.54 Å². The van der Waals surface area contributed by atoms with Gasteiger partial charge in [0.05, 0.1) is 0 Å². The molecule has 0 unspecified atom stereocenters. The van der Waals surface area contributed by atoms with E-state index in [4.69, 9.17) is 0 Å². The number of rotatable bonds is 16. The fourth-order valence-corrected chi connectivity index (χ4v) is 11.3. The minimum absolute atomic E-state index is 1.16. The quantitative estimate of drug-likeness (QED) is 0.124. The van der Waals surface area contributed by atoms with Crippen LogP contribution in [0.3, 0.4) is 0 Å². The number of benzene rings is 3. The standard InChI is InChI=1S/C39H51Si/c1-5-9-14-32-20-26-36(27-21-32)40(39-19-13-18-35(39)17-12-8-4,37-28-22-33(23-29-37)15-10-6-2)38-30-24-34(25-31-38)16-11-7-3/h13,18-31H,5-12,14-17H2,1-4H3. The van der Waals surface area contributed by atoms with Gasteiger partial charge in [0.15, 0.2) is 8.07 Å². The molecule has 0 heterocycles. The van der Waals surface area contributed by atoms with E-state index >= 15 is 0 Å². The SMILES string of the molecule is CCCCC1=CC=C[C]1[Si](c1ccc(CCCC)cc1)(c1ccc(CCCC)cc1)c1ccc(CCCC)cc1. The molecule has 1 radical (unpaired) electrons. The summed E-state index contributed by atoms with van der Waals surface area (Å²) in [5, 5.41) is 4.54. The van der Waals surface area contributed by atoms with E-state index in [-0.39, 0.29) is 0 Å². The van der Waals surface area contributed by atoms with Crippen LogP contribution in [0.25, 0.3) is 0 Å². The molecule has 0 atom stereocenters. The second-order valence-electron chi connectivity index (χ2n) is 11.7. The second kappa shape index (κ2) is 15.4. The average molecular weight is 548 g/mol. The third-order valence-electron chi connectivity index (χ3n) is 8.73. The molecule has 3 aromatic rings. The van der Waals surface area contributed by atoms with Gasteiger partial charge in [-0.05, 0) is 83.6 Å². The first-order chi connectivity index (χ1) is 19.7. The molecule has 40 heavy (non-hydrogen) atoms. The van der Waals surface area contributed by atoms with Gasteiger partial charge in [0.25, 0.3) is 0 Å². The molecule has 0 fully saturated rings. The highest BCUT2D eigenvalue weighted by atomic mass is 28.3. The largest absolute Gasteiger partial charge is 0.163 e. The highest BCUT2D eigenvalue weighted by Crippen LogP contribution is 2.35. The van der Waals surface area contributed by atoms with Gasteiger partial charge in [-0.25, -0.2) is 0 Å². The first kappa shape index (κ1) is 30.3. The van der Waals surface area contributed by atoms with Crippen LogP contribution < -0.4 is 15.6 Å². The normalized spacial score (nSPS) is 13.7. The molecule has 0 N–H and O–H groups in total. The maximum absolute atomic E-state index is 2.50. The summed E-state index contributed by atoms with van der Waals surface area (Å²) in [5.41, 5.74) is 7.53. The lowest BCUT2D eigenvalue weighted by Crippen LogP contribution is -2.71. The number of aryl methyl sites for hydroxylation is 3. The molecule has 4 rings (SSSR count). The van der Waals surface area contributed by atoms with Gasteiger partial charge >= 0.3 is 0 Å². The van der Waals surface area contributed by atoms with Crippen molar-refractivity contribution in [1.82, 2.24) is 0 Å². The van der Waals surface area contributed by atoms with Crippen LogP contribution in [0.5, 0.6) is 0 Å². The lowest BCUT2D eigenvalue weighted by molar-refractivity contribution is 0.791. The first-order valence-electron chi connectivity index (χ1n) is 16.2. The zero-order valence-electron chi connectivity index (χ0n) is 25.6. The molecular weight excluding hydrogens is 497 g/mol. The predicted molar refractivity (Wildman–Crippen MR) is 180 cm³/mol. The summed E-state index contributed by atoms with van der Waals surface area (Å²) in [6.45, 7) is 9.17. The third-order valence-corrected chi connectivity index (χ3v) is 13.6. The number of hydrogen-bond acceptors (Lipinski definition) is 0. The predicted octanol–water partition coefficient (Wildman–Crippen LogP) is 8.98. The van der Waals surface area contributed by atoms with E-state index in [0.717, 1.165) is 6.42 Å². The molecule has 1 aliphatic carbocycles. The van der Waals surface area contributed by atoms with Crippen molar-refractivity contribution in [1.29, 1.82) is 0 Å². The molecule has 0 aliphatic heterocycles. The molecule has 211 valence electrons. The fourth-order valence-electron chi connectivity index (χ4n) is 6.28. The molecule has 0 saturated heterocycles. The number of allylic oxidation sites excluding steroid dienone is 4. The van der Waals surface area contributed by atoms with Crippen LogP contribution in [0.1, 0.15) is 102 Å². The summed E-state index contributed by atoms with van der Waals surface area (Å²) < 4.78 is 0. The van der Waals surface area contributed by atoms with Crippen molar-refractivity contribution in [3.63, 3.8) is 0 Å². The van der Waals surface area contributed by atoms with Crippen LogP contribution in [0.2, 0.25) is 0 Å². The Bertz CT molecular complexity index is 1090. The Morgan fingerprint density at radius 3 is 1.15 bits per heavy atom. The summed E-state index contributed by atoms with van der Waals surface area (Å²) in [4.78, 5) is 0. The maximum Gasteiger partial charge on any atom is 0.163 e. The van der Waals surface area contributed by atoms with Gasteiger partial charge in [-0.2, -0.15) is 0 Å². The molecule has 1 aliphatic rings. The Labute approximate surface area is 246 Å². The number of hydrogen-bond donors (Lipinski definition) is 0. The molecular formula is C39H51Si.